The Labute approximate surface area is 144 Å². The molecule has 0 unspecified atom stereocenters. The van der Waals surface area contributed by atoms with Gasteiger partial charge in [-0.05, 0) is 25.0 Å². The number of amides is 1. The first kappa shape index (κ1) is 15.3. The molecule has 1 saturated heterocycles. The van der Waals surface area contributed by atoms with Gasteiger partial charge >= 0.3 is 0 Å². The van der Waals surface area contributed by atoms with Crippen LogP contribution in [0.2, 0.25) is 0 Å². The summed E-state index contributed by atoms with van der Waals surface area (Å²) < 4.78 is 0. The van der Waals surface area contributed by atoms with E-state index in [9.17, 15) is 4.79 Å². The molecule has 3 aromatic rings. The predicted octanol–water partition coefficient (Wildman–Crippen LogP) is 1.91. The van der Waals surface area contributed by atoms with Crippen LogP contribution in [0.4, 0.5) is 11.6 Å². The lowest BCUT2D eigenvalue weighted by atomic mass is 10.3. The molecule has 8 heteroatoms. The van der Waals surface area contributed by atoms with Gasteiger partial charge in [0, 0.05) is 13.1 Å². The zero-order valence-electron chi connectivity index (χ0n) is 13.5. The molecule has 1 amide bonds. The summed E-state index contributed by atoms with van der Waals surface area (Å²) in [4.78, 5) is 24.5. The van der Waals surface area contributed by atoms with Crippen LogP contribution in [-0.2, 0) is 0 Å². The van der Waals surface area contributed by atoms with Gasteiger partial charge in [0.1, 0.15) is 0 Å². The van der Waals surface area contributed by atoms with Crippen LogP contribution in [0.15, 0.2) is 48.9 Å². The molecule has 0 spiro atoms. The Balaban J connectivity index is 1.44. The Bertz CT molecular complexity index is 854. The molecular weight excluding hydrogens is 318 g/mol. The molecule has 0 atom stereocenters. The Morgan fingerprint density at radius 3 is 2.44 bits per heavy atom. The predicted molar refractivity (Wildman–Crippen MR) is 92.8 cm³/mol. The van der Waals surface area contributed by atoms with Crippen LogP contribution < -0.4 is 10.2 Å². The second-order valence-electron chi connectivity index (χ2n) is 5.77. The molecule has 0 radical (unpaired) electrons. The van der Waals surface area contributed by atoms with Crippen molar-refractivity contribution in [2.45, 2.75) is 12.8 Å². The monoisotopic (exact) mass is 335 g/mol. The Morgan fingerprint density at radius 2 is 1.72 bits per heavy atom. The van der Waals surface area contributed by atoms with Crippen LogP contribution >= 0.6 is 0 Å². The second kappa shape index (κ2) is 6.68. The van der Waals surface area contributed by atoms with Gasteiger partial charge in [-0.3, -0.25) is 4.79 Å². The molecule has 0 aliphatic carbocycles. The van der Waals surface area contributed by atoms with E-state index in [-0.39, 0.29) is 11.6 Å². The summed E-state index contributed by atoms with van der Waals surface area (Å²) in [5.41, 5.74) is 1.55. The van der Waals surface area contributed by atoms with Crippen molar-refractivity contribution in [1.29, 1.82) is 0 Å². The molecule has 8 nitrogen and oxygen atoms in total. The molecule has 1 aliphatic rings. The molecule has 2 aromatic heterocycles. The lowest BCUT2D eigenvalue weighted by Crippen LogP contribution is -2.20. The number of hydrogen-bond donors (Lipinski definition) is 1. The summed E-state index contributed by atoms with van der Waals surface area (Å²) in [6, 6.07) is 9.42. The molecule has 126 valence electrons. The minimum atomic E-state index is -0.347. The molecule has 1 aromatic carbocycles. The van der Waals surface area contributed by atoms with E-state index in [1.807, 2.05) is 30.3 Å². The third-order valence-corrected chi connectivity index (χ3v) is 4.00. The molecule has 0 bridgehead atoms. The van der Waals surface area contributed by atoms with E-state index in [1.165, 1.54) is 23.8 Å². The van der Waals surface area contributed by atoms with E-state index in [4.69, 9.17) is 0 Å². The van der Waals surface area contributed by atoms with Gasteiger partial charge in [-0.2, -0.15) is 9.90 Å². The minimum absolute atomic E-state index is 0.229. The number of benzene rings is 1. The minimum Gasteiger partial charge on any atom is -0.341 e. The topological polar surface area (TPSA) is 88.8 Å². The van der Waals surface area contributed by atoms with Crippen LogP contribution in [0.3, 0.4) is 0 Å². The highest BCUT2D eigenvalue weighted by atomic mass is 16.2. The zero-order chi connectivity index (χ0) is 17.1. The van der Waals surface area contributed by atoms with Gasteiger partial charge in [0.2, 0.25) is 5.95 Å². The highest BCUT2D eigenvalue weighted by Crippen LogP contribution is 2.16. The quantitative estimate of drug-likeness (QED) is 0.783. The molecule has 25 heavy (non-hydrogen) atoms. The second-order valence-corrected chi connectivity index (χ2v) is 5.77. The van der Waals surface area contributed by atoms with E-state index >= 15 is 0 Å². The highest BCUT2D eigenvalue weighted by molar-refractivity contribution is 6.02. The number of carbonyl (C=O) groups excluding carboxylic acids is 1. The van der Waals surface area contributed by atoms with Crippen molar-refractivity contribution in [3.8, 4) is 5.69 Å². The fraction of sp³-hybridized carbons (Fsp3) is 0.235. The summed E-state index contributed by atoms with van der Waals surface area (Å²) in [5.74, 6) is 0.352. The summed E-state index contributed by atoms with van der Waals surface area (Å²) >= 11 is 0. The van der Waals surface area contributed by atoms with E-state index in [0.29, 0.717) is 11.6 Å². The largest absolute Gasteiger partial charge is 0.341 e. The maximum atomic E-state index is 12.3. The number of nitrogens with zero attached hydrogens (tertiary/aromatic N) is 6. The van der Waals surface area contributed by atoms with Gasteiger partial charge in [0.15, 0.2) is 5.69 Å². The fourth-order valence-electron chi connectivity index (χ4n) is 2.71. The van der Waals surface area contributed by atoms with Crippen LogP contribution in [0.5, 0.6) is 0 Å². The van der Waals surface area contributed by atoms with E-state index in [1.54, 1.807) is 12.4 Å². The van der Waals surface area contributed by atoms with Gasteiger partial charge in [0.05, 0.1) is 30.0 Å². The smallest absolute Gasteiger partial charge is 0.277 e. The summed E-state index contributed by atoms with van der Waals surface area (Å²) in [6.45, 7) is 1.96. The summed E-state index contributed by atoms with van der Waals surface area (Å²) in [6.07, 6.45) is 6.99. The van der Waals surface area contributed by atoms with Crippen molar-refractivity contribution in [2.24, 2.45) is 0 Å². The van der Waals surface area contributed by atoms with Crippen LogP contribution in [0.1, 0.15) is 23.3 Å². The molecule has 1 fully saturated rings. The molecule has 0 saturated carbocycles. The lowest BCUT2D eigenvalue weighted by Gasteiger charge is -2.14. The van der Waals surface area contributed by atoms with Crippen LogP contribution in [0, 0.1) is 0 Å². The van der Waals surface area contributed by atoms with Crippen molar-refractivity contribution in [1.82, 2.24) is 25.0 Å². The number of hydrogen-bond acceptors (Lipinski definition) is 6. The van der Waals surface area contributed by atoms with Crippen molar-refractivity contribution in [3.05, 3.63) is 54.6 Å². The highest BCUT2D eigenvalue weighted by Gasteiger charge is 2.16. The lowest BCUT2D eigenvalue weighted by molar-refractivity contribution is 0.102. The van der Waals surface area contributed by atoms with Crippen molar-refractivity contribution in [3.63, 3.8) is 0 Å². The maximum absolute atomic E-state index is 12.3. The summed E-state index contributed by atoms with van der Waals surface area (Å²) in [7, 11) is 0. The molecule has 1 aliphatic heterocycles. The van der Waals surface area contributed by atoms with Gasteiger partial charge in [-0.1, -0.05) is 18.2 Å². The van der Waals surface area contributed by atoms with Crippen molar-refractivity contribution >= 4 is 17.5 Å². The molecular formula is C17H17N7O. The average Bonchev–Trinajstić information content (AvgIpc) is 3.35. The van der Waals surface area contributed by atoms with Crippen molar-refractivity contribution < 1.29 is 4.79 Å². The van der Waals surface area contributed by atoms with Gasteiger partial charge in [-0.25, -0.2) is 9.97 Å². The van der Waals surface area contributed by atoms with E-state index < -0.39 is 0 Å². The first-order valence-corrected chi connectivity index (χ1v) is 8.16. The fourth-order valence-corrected chi connectivity index (χ4v) is 2.71. The standard InChI is InChI=1S/C17H17N7O/c25-16(15-12-20-24(22-15)14-6-2-1-3-7-14)21-13-10-18-17(19-11-13)23-8-4-5-9-23/h1-3,6-7,10-12H,4-5,8-9H2,(H,21,25). The molecule has 3 heterocycles. The zero-order valence-corrected chi connectivity index (χ0v) is 13.5. The summed E-state index contributed by atoms with van der Waals surface area (Å²) in [5, 5.41) is 11.1. The number of carbonyl (C=O) groups is 1. The first-order valence-electron chi connectivity index (χ1n) is 8.16. The number of rotatable bonds is 4. The third-order valence-electron chi connectivity index (χ3n) is 4.00. The van der Waals surface area contributed by atoms with E-state index in [2.05, 4.69) is 30.4 Å². The van der Waals surface area contributed by atoms with Crippen LogP contribution in [-0.4, -0.2) is 44.0 Å². The number of nitrogens with one attached hydrogen (secondary N) is 1. The Hall–Kier alpha value is -3.29. The first-order chi connectivity index (χ1) is 12.3. The average molecular weight is 335 g/mol. The number of aromatic nitrogens is 5. The van der Waals surface area contributed by atoms with E-state index in [0.717, 1.165) is 18.8 Å². The Morgan fingerprint density at radius 1 is 1.00 bits per heavy atom. The number of para-hydroxylation sites is 1. The Kier molecular flexibility index (Phi) is 4.07. The normalized spacial score (nSPS) is 13.8. The third kappa shape index (κ3) is 3.32. The van der Waals surface area contributed by atoms with Crippen LogP contribution in [0.25, 0.3) is 5.69 Å². The number of anilines is 2. The maximum Gasteiger partial charge on any atom is 0.277 e. The van der Waals surface area contributed by atoms with Gasteiger partial charge < -0.3 is 10.2 Å². The molecule has 1 N–H and O–H groups in total. The van der Waals surface area contributed by atoms with Gasteiger partial charge in [0.25, 0.3) is 5.91 Å². The van der Waals surface area contributed by atoms with Gasteiger partial charge in [-0.15, -0.1) is 5.10 Å². The molecule has 4 rings (SSSR count). The SMILES string of the molecule is O=C(Nc1cnc(N2CCCC2)nc1)c1cnn(-c2ccccc2)n1. The van der Waals surface area contributed by atoms with Crippen molar-refractivity contribution in [2.75, 3.05) is 23.3 Å².